The third kappa shape index (κ3) is 4.34. The van der Waals surface area contributed by atoms with Crippen molar-refractivity contribution in [3.63, 3.8) is 0 Å². The van der Waals surface area contributed by atoms with Gasteiger partial charge in [-0.2, -0.15) is 13.2 Å². The quantitative estimate of drug-likeness (QED) is 0.765. The first kappa shape index (κ1) is 17.5. The molecule has 0 saturated carbocycles. The van der Waals surface area contributed by atoms with Crippen LogP contribution in [0, 0.1) is 6.92 Å². The Labute approximate surface area is 140 Å². The monoisotopic (exact) mass is 386 g/mol. The zero-order chi connectivity index (χ0) is 17.2. The molecule has 0 aliphatic carbocycles. The first-order valence-corrected chi connectivity index (χ1v) is 7.63. The van der Waals surface area contributed by atoms with Crippen molar-refractivity contribution in [3.05, 3.63) is 69.2 Å². The van der Waals surface area contributed by atoms with Gasteiger partial charge in [-0.1, -0.05) is 51.8 Å². The number of carboxylic acids is 1. The SMILES string of the molecule is Cc1ccc([C@H](CC(=O)O)c2ccc(C(F)(F)F)cc2Br)cc1. The van der Waals surface area contributed by atoms with E-state index in [1.165, 1.54) is 6.07 Å². The topological polar surface area (TPSA) is 37.3 Å². The fourth-order valence-electron chi connectivity index (χ4n) is 2.37. The van der Waals surface area contributed by atoms with Crippen LogP contribution in [0.1, 0.15) is 34.6 Å². The zero-order valence-electron chi connectivity index (χ0n) is 12.2. The van der Waals surface area contributed by atoms with E-state index in [0.717, 1.165) is 23.3 Å². The molecule has 122 valence electrons. The zero-order valence-corrected chi connectivity index (χ0v) is 13.8. The Morgan fingerprint density at radius 1 is 1.17 bits per heavy atom. The van der Waals surface area contributed by atoms with Crippen LogP contribution in [-0.2, 0) is 11.0 Å². The molecule has 0 amide bonds. The smallest absolute Gasteiger partial charge is 0.416 e. The lowest BCUT2D eigenvalue weighted by molar-refractivity contribution is -0.138. The summed E-state index contributed by atoms with van der Waals surface area (Å²) in [6, 6.07) is 10.6. The summed E-state index contributed by atoms with van der Waals surface area (Å²) in [5.74, 6) is -1.54. The van der Waals surface area contributed by atoms with Crippen molar-refractivity contribution >= 4 is 21.9 Å². The van der Waals surface area contributed by atoms with Crippen molar-refractivity contribution in [2.45, 2.75) is 25.4 Å². The molecule has 2 aromatic rings. The molecule has 1 N–H and O–H groups in total. The minimum Gasteiger partial charge on any atom is -0.481 e. The van der Waals surface area contributed by atoms with Gasteiger partial charge in [0.15, 0.2) is 0 Å². The number of carbonyl (C=O) groups is 1. The Hall–Kier alpha value is -1.82. The number of hydrogen-bond donors (Lipinski definition) is 1. The molecule has 0 unspecified atom stereocenters. The summed E-state index contributed by atoms with van der Waals surface area (Å²) < 4.78 is 38.5. The van der Waals surface area contributed by atoms with E-state index in [0.29, 0.717) is 5.56 Å². The lowest BCUT2D eigenvalue weighted by Crippen LogP contribution is -2.10. The van der Waals surface area contributed by atoms with E-state index in [-0.39, 0.29) is 10.9 Å². The molecule has 2 nitrogen and oxygen atoms in total. The Bertz CT molecular complexity index is 709. The second-order valence-electron chi connectivity index (χ2n) is 5.30. The van der Waals surface area contributed by atoms with E-state index in [2.05, 4.69) is 15.9 Å². The predicted octanol–water partition coefficient (Wildman–Crippen LogP) is 5.38. The maximum Gasteiger partial charge on any atom is 0.416 e. The van der Waals surface area contributed by atoms with Crippen molar-refractivity contribution in [2.75, 3.05) is 0 Å². The number of aryl methyl sites for hydroxylation is 1. The number of carboxylic acid groups (broad SMARTS) is 1. The van der Waals surface area contributed by atoms with Gasteiger partial charge in [-0.15, -0.1) is 0 Å². The van der Waals surface area contributed by atoms with Crippen LogP contribution in [0.3, 0.4) is 0 Å². The van der Waals surface area contributed by atoms with Crippen LogP contribution in [0.4, 0.5) is 13.2 Å². The van der Waals surface area contributed by atoms with Gasteiger partial charge >= 0.3 is 12.1 Å². The Balaban J connectivity index is 2.47. The Morgan fingerprint density at radius 3 is 2.26 bits per heavy atom. The van der Waals surface area contributed by atoms with Gasteiger partial charge < -0.3 is 5.11 Å². The summed E-state index contributed by atoms with van der Waals surface area (Å²) in [5.41, 5.74) is 1.52. The van der Waals surface area contributed by atoms with Crippen molar-refractivity contribution in [1.82, 2.24) is 0 Å². The lowest BCUT2D eigenvalue weighted by atomic mass is 9.87. The molecule has 0 heterocycles. The average molecular weight is 387 g/mol. The van der Waals surface area contributed by atoms with Gasteiger partial charge in [0.25, 0.3) is 0 Å². The van der Waals surface area contributed by atoms with Crippen LogP contribution in [0.5, 0.6) is 0 Å². The molecule has 0 aliphatic heterocycles. The highest BCUT2D eigenvalue weighted by atomic mass is 79.9. The van der Waals surface area contributed by atoms with Crippen LogP contribution in [0.15, 0.2) is 46.9 Å². The number of rotatable bonds is 4. The highest BCUT2D eigenvalue weighted by molar-refractivity contribution is 9.10. The second kappa shape index (κ2) is 6.74. The average Bonchev–Trinajstić information content (AvgIpc) is 2.45. The van der Waals surface area contributed by atoms with Gasteiger partial charge in [0.05, 0.1) is 12.0 Å². The summed E-state index contributed by atoms with van der Waals surface area (Å²) >= 11 is 3.15. The third-order valence-corrected chi connectivity index (χ3v) is 4.25. The molecule has 0 aromatic heterocycles. The fourth-order valence-corrected chi connectivity index (χ4v) is 3.02. The summed E-state index contributed by atoms with van der Waals surface area (Å²) in [6.07, 6.45) is -4.64. The van der Waals surface area contributed by atoms with E-state index in [9.17, 15) is 18.0 Å². The summed E-state index contributed by atoms with van der Waals surface area (Å²) in [7, 11) is 0. The fraction of sp³-hybridized carbons (Fsp3) is 0.235. The van der Waals surface area contributed by atoms with E-state index in [4.69, 9.17) is 5.11 Å². The predicted molar refractivity (Wildman–Crippen MR) is 84.4 cm³/mol. The molecule has 6 heteroatoms. The summed E-state index contributed by atoms with van der Waals surface area (Å²) in [6.45, 7) is 1.91. The van der Waals surface area contributed by atoms with E-state index < -0.39 is 23.6 Å². The molecule has 0 saturated heterocycles. The van der Waals surface area contributed by atoms with Crippen LogP contribution in [0.2, 0.25) is 0 Å². The molecule has 2 rings (SSSR count). The van der Waals surface area contributed by atoms with Gasteiger partial charge in [0, 0.05) is 10.4 Å². The molecule has 0 aliphatic rings. The van der Waals surface area contributed by atoms with Crippen LogP contribution < -0.4 is 0 Å². The third-order valence-electron chi connectivity index (χ3n) is 3.56. The molecular weight excluding hydrogens is 373 g/mol. The van der Waals surface area contributed by atoms with Crippen molar-refractivity contribution in [1.29, 1.82) is 0 Å². The van der Waals surface area contributed by atoms with Crippen molar-refractivity contribution in [2.24, 2.45) is 0 Å². The van der Waals surface area contributed by atoms with E-state index in [1.54, 1.807) is 12.1 Å². The summed E-state index contributed by atoms with van der Waals surface area (Å²) in [5, 5.41) is 9.14. The molecule has 1 atom stereocenters. The minimum absolute atomic E-state index is 0.201. The maximum atomic E-state index is 12.8. The van der Waals surface area contributed by atoms with Gasteiger partial charge in [0.1, 0.15) is 0 Å². The standard InChI is InChI=1S/C17H14BrF3O2/c1-10-2-4-11(5-3-10)14(9-16(22)23)13-7-6-12(8-15(13)18)17(19,20)21/h2-8,14H,9H2,1H3,(H,22,23)/t14-/m0/s1. The normalized spacial score (nSPS) is 12.9. The largest absolute Gasteiger partial charge is 0.481 e. The van der Waals surface area contributed by atoms with Crippen LogP contribution in [0.25, 0.3) is 0 Å². The van der Waals surface area contributed by atoms with Gasteiger partial charge in [-0.3, -0.25) is 4.79 Å². The van der Waals surface area contributed by atoms with E-state index in [1.807, 2.05) is 19.1 Å². The second-order valence-corrected chi connectivity index (χ2v) is 6.15. The number of benzene rings is 2. The van der Waals surface area contributed by atoms with Crippen LogP contribution in [-0.4, -0.2) is 11.1 Å². The molecule has 2 aromatic carbocycles. The van der Waals surface area contributed by atoms with E-state index >= 15 is 0 Å². The maximum absolute atomic E-state index is 12.8. The summed E-state index contributed by atoms with van der Waals surface area (Å²) in [4.78, 5) is 11.2. The van der Waals surface area contributed by atoms with Crippen LogP contribution >= 0.6 is 15.9 Å². The first-order chi connectivity index (χ1) is 10.7. The van der Waals surface area contributed by atoms with Crippen molar-refractivity contribution < 1.29 is 23.1 Å². The lowest BCUT2D eigenvalue weighted by Gasteiger charge is -2.19. The van der Waals surface area contributed by atoms with Gasteiger partial charge in [-0.25, -0.2) is 0 Å². The Kier molecular flexibility index (Phi) is 5.14. The molecule has 0 fully saturated rings. The highest BCUT2D eigenvalue weighted by Gasteiger charge is 2.31. The Morgan fingerprint density at radius 2 is 1.78 bits per heavy atom. The first-order valence-electron chi connectivity index (χ1n) is 6.83. The molecule has 23 heavy (non-hydrogen) atoms. The number of aliphatic carboxylic acids is 1. The molecular formula is C17H14BrF3O2. The van der Waals surface area contributed by atoms with Gasteiger partial charge in [0.2, 0.25) is 0 Å². The molecule has 0 bridgehead atoms. The number of halogens is 4. The van der Waals surface area contributed by atoms with Crippen molar-refractivity contribution in [3.8, 4) is 0 Å². The number of alkyl halides is 3. The van der Waals surface area contributed by atoms with Gasteiger partial charge in [-0.05, 0) is 30.2 Å². The molecule has 0 radical (unpaired) electrons. The molecule has 0 spiro atoms. The minimum atomic E-state index is -4.44. The highest BCUT2D eigenvalue weighted by Crippen LogP contribution is 2.37. The number of hydrogen-bond acceptors (Lipinski definition) is 1.